The molecule has 5 nitrogen and oxygen atoms in total. The van der Waals surface area contributed by atoms with Crippen LogP contribution >= 0.6 is 0 Å². The van der Waals surface area contributed by atoms with Gasteiger partial charge in [-0.15, -0.1) is 0 Å². The van der Waals surface area contributed by atoms with Gasteiger partial charge in [-0.2, -0.15) is 8.42 Å². The molecule has 0 aliphatic carbocycles. The van der Waals surface area contributed by atoms with Crippen molar-refractivity contribution in [1.29, 1.82) is 0 Å². The fourth-order valence-corrected chi connectivity index (χ4v) is 2.77. The number of hydrogen-bond acceptors (Lipinski definition) is 4. The molecule has 1 N–H and O–H groups in total. The molecule has 0 saturated carbocycles. The highest BCUT2D eigenvalue weighted by Crippen LogP contribution is 2.24. The zero-order valence-electron chi connectivity index (χ0n) is 11.1. The topological polar surface area (TPSA) is 80.7 Å². The summed E-state index contributed by atoms with van der Waals surface area (Å²) in [5.41, 5.74) is 0.541. The van der Waals surface area contributed by atoms with Crippen molar-refractivity contribution in [3.8, 4) is 5.75 Å². The van der Waals surface area contributed by atoms with Gasteiger partial charge in [-0.25, -0.2) is 0 Å². The van der Waals surface area contributed by atoms with Crippen molar-refractivity contribution in [2.75, 3.05) is 0 Å². The number of para-hydroxylation sites is 1. The molecule has 0 radical (unpaired) electrons. The van der Waals surface area contributed by atoms with Gasteiger partial charge in [-0.1, -0.05) is 36.4 Å². The van der Waals surface area contributed by atoms with E-state index in [4.69, 9.17) is 9.29 Å². The van der Waals surface area contributed by atoms with E-state index in [9.17, 15) is 13.2 Å². The Morgan fingerprint density at radius 3 is 2.29 bits per heavy atom. The quantitative estimate of drug-likeness (QED) is 0.829. The third kappa shape index (κ3) is 4.06. The number of carboxylic acid groups (broad SMARTS) is 1. The van der Waals surface area contributed by atoms with Crippen LogP contribution in [0.1, 0.15) is 12.0 Å². The SMILES string of the molecule is O=C(O)CCc1ccccc1OS(=O)(=O)c1ccccc1. The van der Waals surface area contributed by atoms with Gasteiger partial charge >= 0.3 is 16.1 Å². The average Bonchev–Trinajstić information content (AvgIpc) is 2.47. The molecule has 0 unspecified atom stereocenters. The van der Waals surface area contributed by atoms with Crippen molar-refractivity contribution in [3.63, 3.8) is 0 Å². The van der Waals surface area contributed by atoms with Gasteiger partial charge in [-0.05, 0) is 30.2 Å². The van der Waals surface area contributed by atoms with Crippen molar-refractivity contribution in [2.24, 2.45) is 0 Å². The van der Waals surface area contributed by atoms with E-state index in [1.165, 1.54) is 18.2 Å². The molecule has 0 spiro atoms. The van der Waals surface area contributed by atoms with Crippen LogP contribution in [0.15, 0.2) is 59.5 Å². The molecule has 2 aromatic rings. The third-order valence-corrected chi connectivity index (χ3v) is 4.06. The number of benzene rings is 2. The van der Waals surface area contributed by atoms with Crippen LogP contribution in [0.4, 0.5) is 0 Å². The lowest BCUT2D eigenvalue weighted by Gasteiger charge is -2.10. The lowest BCUT2D eigenvalue weighted by atomic mass is 10.1. The number of aryl methyl sites for hydroxylation is 1. The Bertz CT molecular complexity index is 723. The molecule has 2 rings (SSSR count). The summed E-state index contributed by atoms with van der Waals surface area (Å²) in [6, 6.07) is 14.3. The van der Waals surface area contributed by atoms with Gasteiger partial charge < -0.3 is 9.29 Å². The lowest BCUT2D eigenvalue weighted by Crippen LogP contribution is -2.11. The first-order valence-corrected chi connectivity index (χ1v) is 7.69. The van der Waals surface area contributed by atoms with Gasteiger partial charge in [0.2, 0.25) is 0 Å². The molecule has 0 fully saturated rings. The van der Waals surface area contributed by atoms with E-state index in [2.05, 4.69) is 0 Å². The second-order valence-electron chi connectivity index (χ2n) is 4.35. The van der Waals surface area contributed by atoms with Crippen molar-refractivity contribution < 1.29 is 22.5 Å². The Morgan fingerprint density at radius 1 is 1.00 bits per heavy atom. The summed E-state index contributed by atoms with van der Waals surface area (Å²) in [6.07, 6.45) is 0.113. The predicted octanol–water partition coefficient (Wildman–Crippen LogP) is 2.47. The smallest absolute Gasteiger partial charge is 0.339 e. The second kappa shape index (κ2) is 6.41. The summed E-state index contributed by atoms with van der Waals surface area (Å²) in [5.74, 6) is -0.793. The van der Waals surface area contributed by atoms with Gasteiger partial charge in [0.1, 0.15) is 10.6 Å². The van der Waals surface area contributed by atoms with E-state index in [-0.39, 0.29) is 23.5 Å². The molecule has 21 heavy (non-hydrogen) atoms. The molecular formula is C15H14O5S. The fourth-order valence-electron chi connectivity index (χ4n) is 1.79. The van der Waals surface area contributed by atoms with Crippen LogP contribution in [0.2, 0.25) is 0 Å². The Morgan fingerprint density at radius 2 is 1.62 bits per heavy atom. The Kier molecular flexibility index (Phi) is 4.59. The van der Waals surface area contributed by atoms with Crippen molar-refractivity contribution in [2.45, 2.75) is 17.7 Å². The molecule has 0 aliphatic rings. The fraction of sp³-hybridized carbons (Fsp3) is 0.133. The summed E-state index contributed by atoms with van der Waals surface area (Å²) >= 11 is 0. The Hall–Kier alpha value is -2.34. The van der Waals surface area contributed by atoms with E-state index in [1.807, 2.05) is 0 Å². The second-order valence-corrected chi connectivity index (χ2v) is 5.90. The maximum absolute atomic E-state index is 12.2. The van der Waals surface area contributed by atoms with Crippen LogP contribution in [0, 0.1) is 0 Å². The molecule has 0 aromatic heterocycles. The van der Waals surface area contributed by atoms with E-state index >= 15 is 0 Å². The van der Waals surface area contributed by atoms with Crippen LogP contribution in [-0.4, -0.2) is 19.5 Å². The standard InChI is InChI=1S/C15H14O5S/c16-15(17)11-10-12-6-4-5-9-14(12)20-21(18,19)13-7-2-1-3-8-13/h1-9H,10-11H2,(H,16,17). The molecule has 0 aliphatic heterocycles. The number of carboxylic acids is 1. The maximum atomic E-state index is 12.2. The number of carbonyl (C=O) groups is 1. The number of hydrogen-bond donors (Lipinski definition) is 1. The molecule has 2 aromatic carbocycles. The van der Waals surface area contributed by atoms with Crippen LogP contribution in [0.25, 0.3) is 0 Å². The van der Waals surface area contributed by atoms with Crippen LogP contribution in [0.5, 0.6) is 5.75 Å². The first kappa shape index (κ1) is 15.1. The molecular weight excluding hydrogens is 292 g/mol. The monoisotopic (exact) mass is 306 g/mol. The van der Waals surface area contributed by atoms with Gasteiger partial charge in [0, 0.05) is 6.42 Å². The van der Waals surface area contributed by atoms with Crippen molar-refractivity contribution in [1.82, 2.24) is 0 Å². The highest BCUT2D eigenvalue weighted by Gasteiger charge is 2.18. The molecule has 0 amide bonds. The summed E-state index contributed by atoms with van der Waals surface area (Å²) < 4.78 is 29.4. The zero-order chi connectivity index (χ0) is 15.3. The number of rotatable bonds is 6. The van der Waals surface area contributed by atoms with Gasteiger partial charge in [0.05, 0.1) is 0 Å². The molecule has 0 bridgehead atoms. The van der Waals surface area contributed by atoms with E-state index in [1.54, 1.807) is 36.4 Å². The Labute approximate surface area is 122 Å². The minimum atomic E-state index is -3.92. The molecule has 0 atom stereocenters. The molecule has 6 heteroatoms. The van der Waals surface area contributed by atoms with E-state index in [0.717, 1.165) is 0 Å². The minimum Gasteiger partial charge on any atom is -0.481 e. The van der Waals surface area contributed by atoms with Crippen molar-refractivity contribution in [3.05, 3.63) is 60.2 Å². The molecule has 110 valence electrons. The Balaban J connectivity index is 2.25. The number of aliphatic carboxylic acids is 1. The maximum Gasteiger partial charge on any atom is 0.339 e. The average molecular weight is 306 g/mol. The third-order valence-electron chi connectivity index (χ3n) is 2.81. The van der Waals surface area contributed by atoms with Crippen LogP contribution in [-0.2, 0) is 21.3 Å². The van der Waals surface area contributed by atoms with Gasteiger partial charge in [0.25, 0.3) is 0 Å². The first-order chi connectivity index (χ1) is 9.99. The van der Waals surface area contributed by atoms with Crippen molar-refractivity contribution >= 4 is 16.1 Å². The first-order valence-electron chi connectivity index (χ1n) is 6.28. The van der Waals surface area contributed by atoms with E-state index in [0.29, 0.717) is 5.56 Å². The zero-order valence-corrected chi connectivity index (χ0v) is 11.9. The van der Waals surface area contributed by atoms with Crippen LogP contribution in [0.3, 0.4) is 0 Å². The normalized spacial score (nSPS) is 11.0. The predicted molar refractivity (Wildman–Crippen MR) is 76.7 cm³/mol. The minimum absolute atomic E-state index is 0.0537. The summed E-state index contributed by atoms with van der Waals surface area (Å²) in [6.45, 7) is 0. The molecule has 0 saturated heterocycles. The van der Waals surface area contributed by atoms with Gasteiger partial charge in [0.15, 0.2) is 0 Å². The largest absolute Gasteiger partial charge is 0.481 e. The highest BCUT2D eigenvalue weighted by atomic mass is 32.2. The highest BCUT2D eigenvalue weighted by molar-refractivity contribution is 7.87. The summed E-state index contributed by atoms with van der Waals surface area (Å²) in [5, 5.41) is 8.72. The summed E-state index contributed by atoms with van der Waals surface area (Å²) in [7, 11) is -3.92. The van der Waals surface area contributed by atoms with Gasteiger partial charge in [-0.3, -0.25) is 4.79 Å². The van der Waals surface area contributed by atoms with Crippen LogP contribution < -0.4 is 4.18 Å². The molecule has 0 heterocycles. The lowest BCUT2D eigenvalue weighted by molar-refractivity contribution is -0.136. The van der Waals surface area contributed by atoms with E-state index < -0.39 is 16.1 Å². The summed E-state index contributed by atoms with van der Waals surface area (Å²) in [4.78, 5) is 10.7.